The normalized spacial score (nSPS) is 21.8. The van der Waals surface area contributed by atoms with E-state index in [0.29, 0.717) is 13.0 Å². The van der Waals surface area contributed by atoms with Gasteiger partial charge in [-0.15, -0.1) is 0 Å². The van der Waals surface area contributed by atoms with E-state index >= 15 is 0 Å². The lowest BCUT2D eigenvalue weighted by atomic mass is 9.85. The average Bonchev–Trinajstić information content (AvgIpc) is 3.28. The van der Waals surface area contributed by atoms with Crippen LogP contribution in [0, 0.1) is 0 Å². The number of hydrogen-bond donors (Lipinski definition) is 6. The Bertz CT molecular complexity index is 1150. The smallest absolute Gasteiger partial charge is 0.457 e. The molecule has 6 unspecified atom stereocenters. The van der Waals surface area contributed by atoms with E-state index in [9.17, 15) is 39.8 Å². The summed E-state index contributed by atoms with van der Waals surface area (Å²) >= 11 is 0. The second-order valence-corrected chi connectivity index (χ2v) is 19.8. The number of unbranched alkanes of at least 4 members (excludes halogenated alkanes) is 29. The zero-order valence-corrected chi connectivity index (χ0v) is 41.5. The van der Waals surface area contributed by atoms with Crippen molar-refractivity contribution < 1.29 is 58.3 Å². The molecule has 64 heavy (non-hydrogen) atoms. The Labute approximate surface area is 390 Å². The zero-order valence-electron chi connectivity index (χ0n) is 40.6. The van der Waals surface area contributed by atoms with Crippen molar-refractivity contribution >= 4 is 13.8 Å². The van der Waals surface area contributed by atoms with E-state index in [1.807, 2.05) is 0 Å². The highest BCUT2D eigenvalue weighted by molar-refractivity contribution is 7.47. The SMILES string of the molecule is CCCCCC/C=C\C/C=C\CCCCCCCC(=O)OC(COCCCCCCCCCCCCCCCCCCCCCCC)COP(=O)(O)OC1C(O)C(O)C(O)C(O)C1O. The van der Waals surface area contributed by atoms with E-state index in [1.54, 1.807) is 0 Å². The summed E-state index contributed by atoms with van der Waals surface area (Å²) in [6.07, 6.45) is 36.7. The van der Waals surface area contributed by atoms with E-state index in [-0.39, 0.29) is 13.0 Å². The van der Waals surface area contributed by atoms with Gasteiger partial charge in [0.15, 0.2) is 0 Å². The quantitative estimate of drug-likeness (QED) is 0.0147. The molecular weight excluding hydrogens is 836 g/mol. The van der Waals surface area contributed by atoms with Crippen molar-refractivity contribution in [3.63, 3.8) is 0 Å². The number of phosphoric ester groups is 1. The molecule has 0 aliphatic heterocycles. The van der Waals surface area contributed by atoms with Crippen molar-refractivity contribution in [2.45, 2.75) is 275 Å². The topological polar surface area (TPSA) is 192 Å². The lowest BCUT2D eigenvalue weighted by Gasteiger charge is -2.41. The van der Waals surface area contributed by atoms with Crippen LogP contribution in [0.1, 0.15) is 232 Å². The predicted octanol–water partition coefficient (Wildman–Crippen LogP) is 11.7. The second-order valence-electron chi connectivity index (χ2n) is 18.4. The fraction of sp³-hybridized carbons (Fsp3) is 0.902. The van der Waals surface area contributed by atoms with Gasteiger partial charge in [-0.05, 0) is 44.9 Å². The summed E-state index contributed by atoms with van der Waals surface area (Å²) in [6, 6.07) is 0. The molecule has 1 rings (SSSR count). The lowest BCUT2D eigenvalue weighted by molar-refractivity contribution is -0.220. The van der Waals surface area contributed by atoms with E-state index in [4.69, 9.17) is 18.5 Å². The maximum Gasteiger partial charge on any atom is 0.472 e. The van der Waals surface area contributed by atoms with Gasteiger partial charge in [0, 0.05) is 13.0 Å². The minimum absolute atomic E-state index is 0.0779. The number of aliphatic hydroxyl groups is 5. The third-order valence-corrected chi connectivity index (χ3v) is 13.3. The first kappa shape index (κ1) is 60.8. The van der Waals surface area contributed by atoms with Gasteiger partial charge in [0.05, 0.1) is 13.2 Å². The molecule has 378 valence electrons. The van der Waals surface area contributed by atoms with Gasteiger partial charge < -0.3 is 39.9 Å². The monoisotopic (exact) mass is 933 g/mol. The fourth-order valence-electron chi connectivity index (χ4n) is 8.15. The van der Waals surface area contributed by atoms with Crippen LogP contribution < -0.4 is 0 Å². The Morgan fingerprint density at radius 3 is 1.33 bits per heavy atom. The Kier molecular flexibility index (Phi) is 39.9. The minimum atomic E-state index is -5.02. The maximum atomic E-state index is 12.8. The summed E-state index contributed by atoms with van der Waals surface area (Å²) in [5.41, 5.74) is 0. The summed E-state index contributed by atoms with van der Waals surface area (Å²) in [5, 5.41) is 50.3. The van der Waals surface area contributed by atoms with Crippen LogP contribution in [0.4, 0.5) is 0 Å². The highest BCUT2D eigenvalue weighted by Crippen LogP contribution is 2.47. The summed E-state index contributed by atoms with van der Waals surface area (Å²) in [4.78, 5) is 23.2. The predicted molar refractivity (Wildman–Crippen MR) is 258 cm³/mol. The van der Waals surface area contributed by atoms with E-state index in [1.165, 1.54) is 141 Å². The highest BCUT2D eigenvalue weighted by Gasteiger charge is 2.51. The minimum Gasteiger partial charge on any atom is -0.457 e. The molecule has 6 N–H and O–H groups in total. The van der Waals surface area contributed by atoms with Crippen LogP contribution in [-0.2, 0) is 27.9 Å². The van der Waals surface area contributed by atoms with Crippen LogP contribution in [0.5, 0.6) is 0 Å². The van der Waals surface area contributed by atoms with Gasteiger partial charge in [-0.3, -0.25) is 13.8 Å². The first-order valence-electron chi connectivity index (χ1n) is 26.2. The summed E-state index contributed by atoms with van der Waals surface area (Å²) in [5.74, 6) is -0.486. The van der Waals surface area contributed by atoms with Crippen LogP contribution >= 0.6 is 7.82 Å². The van der Waals surface area contributed by atoms with Gasteiger partial charge in [0.1, 0.15) is 42.7 Å². The molecular formula is C51H97O12P. The first-order chi connectivity index (χ1) is 31.0. The second kappa shape index (κ2) is 42.0. The molecule has 13 heteroatoms. The molecule has 0 aromatic carbocycles. The van der Waals surface area contributed by atoms with Crippen LogP contribution in [0.3, 0.4) is 0 Å². The largest absolute Gasteiger partial charge is 0.472 e. The van der Waals surface area contributed by atoms with E-state index in [2.05, 4.69) is 38.2 Å². The zero-order chi connectivity index (χ0) is 46.9. The van der Waals surface area contributed by atoms with E-state index in [0.717, 1.165) is 64.2 Å². The number of hydrogen-bond acceptors (Lipinski definition) is 11. The Morgan fingerprint density at radius 1 is 0.500 bits per heavy atom. The third-order valence-electron chi connectivity index (χ3n) is 12.3. The Morgan fingerprint density at radius 2 is 0.875 bits per heavy atom. The lowest BCUT2D eigenvalue weighted by Crippen LogP contribution is -2.64. The van der Waals surface area contributed by atoms with Crippen molar-refractivity contribution in [3.05, 3.63) is 24.3 Å². The Hall–Kier alpha value is -1.18. The molecule has 0 spiro atoms. The molecule has 1 aliphatic rings. The molecule has 12 nitrogen and oxygen atoms in total. The van der Waals surface area contributed by atoms with Crippen LogP contribution in [0.15, 0.2) is 24.3 Å². The van der Waals surface area contributed by atoms with Gasteiger partial charge in [0.2, 0.25) is 0 Å². The number of ether oxygens (including phenoxy) is 2. The van der Waals surface area contributed by atoms with Gasteiger partial charge in [-0.2, -0.15) is 0 Å². The number of aliphatic hydroxyl groups excluding tert-OH is 5. The summed E-state index contributed by atoms with van der Waals surface area (Å²) in [7, 11) is -5.02. The number of carbonyl (C=O) groups is 1. The summed E-state index contributed by atoms with van der Waals surface area (Å²) in [6.45, 7) is 4.27. The van der Waals surface area contributed by atoms with Gasteiger partial charge >= 0.3 is 13.8 Å². The number of carbonyl (C=O) groups excluding carboxylic acids is 1. The number of allylic oxidation sites excluding steroid dienone is 4. The molecule has 6 atom stereocenters. The molecule has 1 aliphatic carbocycles. The average molecular weight is 933 g/mol. The number of phosphoric acid groups is 1. The van der Waals surface area contributed by atoms with Crippen LogP contribution in [0.2, 0.25) is 0 Å². The van der Waals surface area contributed by atoms with Crippen molar-refractivity contribution in [1.82, 2.24) is 0 Å². The van der Waals surface area contributed by atoms with Crippen molar-refractivity contribution in [1.29, 1.82) is 0 Å². The molecule has 0 radical (unpaired) electrons. The molecule has 0 aromatic rings. The van der Waals surface area contributed by atoms with Crippen molar-refractivity contribution in [3.8, 4) is 0 Å². The van der Waals surface area contributed by atoms with Crippen molar-refractivity contribution in [2.75, 3.05) is 19.8 Å². The first-order valence-corrected chi connectivity index (χ1v) is 27.7. The standard InChI is InChI=1S/C51H97O12P/c1-3-5-7-9-11-13-15-17-19-21-22-23-24-25-27-29-31-33-35-37-39-41-60-42-44(43-61-64(58,59)63-51-49(56)47(54)46(53)48(55)50(51)57)62-45(52)40-38-36-34-32-30-28-26-20-18-16-14-12-10-8-6-4-2/h14,16,20,26,44,46-51,53-57H,3-13,15,17-19,21-25,27-43H2,1-2H3,(H,58,59)/b16-14-,26-20-. The number of esters is 1. The molecule has 1 saturated carbocycles. The highest BCUT2D eigenvalue weighted by atomic mass is 31.2. The summed E-state index contributed by atoms with van der Waals surface area (Å²) < 4.78 is 34.3. The molecule has 1 fully saturated rings. The van der Waals surface area contributed by atoms with E-state index < -0.39 is 63.1 Å². The van der Waals surface area contributed by atoms with Gasteiger partial charge in [-0.25, -0.2) is 4.57 Å². The Balaban J connectivity index is 2.32. The van der Waals surface area contributed by atoms with Gasteiger partial charge in [-0.1, -0.05) is 205 Å². The van der Waals surface area contributed by atoms with Crippen LogP contribution in [0.25, 0.3) is 0 Å². The van der Waals surface area contributed by atoms with Gasteiger partial charge in [0.25, 0.3) is 0 Å². The maximum absolute atomic E-state index is 12.8. The number of rotatable bonds is 45. The third kappa shape index (κ3) is 33.3. The van der Waals surface area contributed by atoms with Crippen LogP contribution in [-0.4, -0.2) is 98.9 Å². The fourth-order valence-corrected chi connectivity index (χ4v) is 9.12. The van der Waals surface area contributed by atoms with Crippen molar-refractivity contribution in [2.24, 2.45) is 0 Å². The molecule has 0 heterocycles. The molecule has 0 amide bonds. The molecule has 0 aromatic heterocycles. The molecule has 0 bridgehead atoms. The molecule has 0 saturated heterocycles.